The number of hydrogen-bond donors (Lipinski definition) is 1. The Bertz CT molecular complexity index is 790. The number of nitrogens with one attached hydrogen (secondary N) is 1. The topological polar surface area (TPSA) is 92.5 Å². The van der Waals surface area contributed by atoms with Crippen LogP contribution in [0.1, 0.15) is 22.3 Å². The summed E-state index contributed by atoms with van der Waals surface area (Å²) < 4.78 is 30.9. The molecule has 0 saturated carbocycles. The first kappa shape index (κ1) is 16.7. The minimum atomic E-state index is -3.35. The molecule has 3 rings (SSSR count). The van der Waals surface area contributed by atoms with Crippen molar-refractivity contribution in [1.29, 1.82) is 0 Å². The average molecular weight is 349 g/mol. The lowest BCUT2D eigenvalue weighted by molar-refractivity contribution is 0.0728. The highest BCUT2D eigenvalue weighted by molar-refractivity contribution is 7.88. The van der Waals surface area contributed by atoms with E-state index in [4.69, 9.17) is 4.42 Å². The number of likely N-dealkylation sites (tertiary alicyclic amines) is 1. The van der Waals surface area contributed by atoms with Crippen LogP contribution >= 0.6 is 0 Å². The standard InChI is InChI=1S/C16H19N3O4S/c1-24(21,22)18-14-4-8-19(16(20)13-5-9-23-11-13)15(14)10-12-2-6-17-7-3-12/h2-3,5-7,9,11,14-15,18H,4,8,10H2,1H3/t14-,15+/m1/s1. The van der Waals surface area contributed by atoms with Gasteiger partial charge >= 0.3 is 0 Å². The van der Waals surface area contributed by atoms with Crippen molar-refractivity contribution in [1.82, 2.24) is 14.6 Å². The molecular formula is C16H19N3O4S. The smallest absolute Gasteiger partial charge is 0.257 e. The predicted molar refractivity (Wildman–Crippen MR) is 87.9 cm³/mol. The van der Waals surface area contributed by atoms with Gasteiger partial charge in [0.05, 0.1) is 24.1 Å². The molecule has 0 aliphatic carbocycles. The van der Waals surface area contributed by atoms with Crippen LogP contribution in [-0.2, 0) is 16.4 Å². The molecule has 1 aliphatic rings. The summed E-state index contributed by atoms with van der Waals surface area (Å²) in [6.45, 7) is 0.493. The van der Waals surface area contributed by atoms with Crippen molar-refractivity contribution in [2.75, 3.05) is 12.8 Å². The molecule has 24 heavy (non-hydrogen) atoms. The molecule has 3 heterocycles. The summed E-state index contributed by atoms with van der Waals surface area (Å²) in [5.74, 6) is -0.152. The van der Waals surface area contributed by atoms with Crippen LogP contribution in [0.4, 0.5) is 0 Å². The van der Waals surface area contributed by atoms with Crippen molar-refractivity contribution in [3.8, 4) is 0 Å². The summed E-state index contributed by atoms with van der Waals surface area (Å²) in [6, 6.07) is 4.78. The number of rotatable bonds is 5. The maximum atomic E-state index is 12.7. The first-order valence-corrected chi connectivity index (χ1v) is 9.52. The van der Waals surface area contributed by atoms with Gasteiger partial charge in [-0.1, -0.05) is 0 Å². The van der Waals surface area contributed by atoms with E-state index in [1.165, 1.54) is 12.5 Å². The molecule has 128 valence electrons. The summed E-state index contributed by atoms with van der Waals surface area (Å²) in [4.78, 5) is 18.4. The molecule has 0 radical (unpaired) electrons. The zero-order valence-electron chi connectivity index (χ0n) is 13.3. The molecule has 2 aromatic rings. The molecule has 0 unspecified atom stereocenters. The highest BCUT2D eigenvalue weighted by Gasteiger charge is 2.38. The number of aromatic nitrogens is 1. The van der Waals surface area contributed by atoms with E-state index in [2.05, 4.69) is 9.71 Å². The van der Waals surface area contributed by atoms with Crippen molar-refractivity contribution in [2.24, 2.45) is 0 Å². The third kappa shape index (κ3) is 3.82. The quantitative estimate of drug-likeness (QED) is 0.871. The summed E-state index contributed by atoms with van der Waals surface area (Å²) in [5.41, 5.74) is 1.47. The van der Waals surface area contributed by atoms with E-state index in [1.807, 2.05) is 12.1 Å². The minimum Gasteiger partial charge on any atom is -0.472 e. The summed E-state index contributed by atoms with van der Waals surface area (Å²) in [5, 5.41) is 0. The molecule has 2 atom stereocenters. The number of amides is 1. The van der Waals surface area contributed by atoms with Gasteiger partial charge in [0.2, 0.25) is 10.0 Å². The van der Waals surface area contributed by atoms with Gasteiger partial charge in [-0.3, -0.25) is 9.78 Å². The number of carbonyl (C=O) groups excluding carboxylic acids is 1. The van der Waals surface area contributed by atoms with E-state index in [1.54, 1.807) is 23.4 Å². The number of carbonyl (C=O) groups is 1. The van der Waals surface area contributed by atoms with Gasteiger partial charge in [-0.05, 0) is 36.6 Å². The molecule has 2 aromatic heterocycles. The maximum absolute atomic E-state index is 12.7. The minimum absolute atomic E-state index is 0.152. The average Bonchev–Trinajstić information content (AvgIpc) is 3.17. The Morgan fingerprint density at radius 2 is 2.12 bits per heavy atom. The van der Waals surface area contributed by atoms with Crippen molar-refractivity contribution in [2.45, 2.75) is 24.9 Å². The van der Waals surface area contributed by atoms with Gasteiger partial charge in [0.25, 0.3) is 5.91 Å². The van der Waals surface area contributed by atoms with Crippen LogP contribution in [0.3, 0.4) is 0 Å². The van der Waals surface area contributed by atoms with Crippen LogP contribution in [0.5, 0.6) is 0 Å². The Morgan fingerprint density at radius 3 is 2.75 bits per heavy atom. The fraction of sp³-hybridized carbons (Fsp3) is 0.375. The van der Waals surface area contributed by atoms with E-state index < -0.39 is 10.0 Å². The van der Waals surface area contributed by atoms with Crippen LogP contribution < -0.4 is 4.72 Å². The molecule has 0 aromatic carbocycles. The first-order chi connectivity index (χ1) is 11.4. The molecule has 0 spiro atoms. The highest BCUT2D eigenvalue weighted by Crippen LogP contribution is 2.24. The Morgan fingerprint density at radius 1 is 1.38 bits per heavy atom. The lowest BCUT2D eigenvalue weighted by atomic mass is 10.0. The lowest BCUT2D eigenvalue weighted by Gasteiger charge is -2.28. The van der Waals surface area contributed by atoms with Crippen LogP contribution in [0, 0.1) is 0 Å². The van der Waals surface area contributed by atoms with E-state index in [-0.39, 0.29) is 18.0 Å². The predicted octanol–water partition coefficient (Wildman–Crippen LogP) is 1.05. The SMILES string of the molecule is CS(=O)(=O)N[C@@H]1CCN(C(=O)c2ccoc2)[C@H]1Cc1ccncc1. The second-order valence-corrected chi connectivity index (χ2v) is 7.70. The molecule has 1 amide bonds. The van der Waals surface area contributed by atoms with Crippen molar-refractivity contribution in [3.63, 3.8) is 0 Å². The molecule has 7 nitrogen and oxygen atoms in total. The van der Waals surface area contributed by atoms with E-state index in [0.29, 0.717) is 24.9 Å². The zero-order chi connectivity index (χ0) is 17.2. The maximum Gasteiger partial charge on any atom is 0.257 e. The number of pyridine rings is 1. The molecule has 1 fully saturated rings. The molecule has 8 heteroatoms. The van der Waals surface area contributed by atoms with Crippen LogP contribution in [0.2, 0.25) is 0 Å². The van der Waals surface area contributed by atoms with Gasteiger partial charge in [0.15, 0.2) is 0 Å². The highest BCUT2D eigenvalue weighted by atomic mass is 32.2. The fourth-order valence-corrected chi connectivity index (χ4v) is 3.91. The van der Waals surface area contributed by atoms with Crippen LogP contribution in [0.15, 0.2) is 47.5 Å². The van der Waals surface area contributed by atoms with Crippen LogP contribution in [-0.4, -0.2) is 49.1 Å². The van der Waals surface area contributed by atoms with Gasteiger partial charge < -0.3 is 9.32 Å². The fourth-order valence-electron chi connectivity index (χ4n) is 3.08. The second kappa shape index (κ2) is 6.74. The molecule has 1 aliphatic heterocycles. The number of nitrogens with zero attached hydrogens (tertiary/aromatic N) is 2. The van der Waals surface area contributed by atoms with Gasteiger partial charge in [-0.25, -0.2) is 13.1 Å². The largest absolute Gasteiger partial charge is 0.472 e. The van der Waals surface area contributed by atoms with Gasteiger partial charge in [0, 0.05) is 25.0 Å². The Kier molecular flexibility index (Phi) is 4.68. The van der Waals surface area contributed by atoms with Gasteiger partial charge in [-0.2, -0.15) is 0 Å². The first-order valence-electron chi connectivity index (χ1n) is 7.63. The van der Waals surface area contributed by atoms with Crippen molar-refractivity contribution < 1.29 is 17.6 Å². The molecule has 1 saturated heterocycles. The van der Waals surface area contributed by atoms with E-state index >= 15 is 0 Å². The van der Waals surface area contributed by atoms with E-state index in [9.17, 15) is 13.2 Å². The Balaban J connectivity index is 1.85. The molecular weight excluding hydrogens is 330 g/mol. The number of hydrogen-bond acceptors (Lipinski definition) is 5. The Hall–Kier alpha value is -2.19. The third-order valence-electron chi connectivity index (χ3n) is 4.13. The monoisotopic (exact) mass is 349 g/mol. The van der Waals surface area contributed by atoms with Crippen molar-refractivity contribution >= 4 is 15.9 Å². The van der Waals surface area contributed by atoms with Gasteiger partial charge in [-0.15, -0.1) is 0 Å². The number of sulfonamides is 1. The summed E-state index contributed by atoms with van der Waals surface area (Å²) >= 11 is 0. The van der Waals surface area contributed by atoms with Crippen LogP contribution in [0.25, 0.3) is 0 Å². The second-order valence-electron chi connectivity index (χ2n) is 5.92. The van der Waals surface area contributed by atoms with E-state index in [0.717, 1.165) is 11.8 Å². The third-order valence-corrected chi connectivity index (χ3v) is 4.87. The normalized spacial score (nSPS) is 21.1. The van der Waals surface area contributed by atoms with Crippen molar-refractivity contribution in [3.05, 3.63) is 54.2 Å². The lowest BCUT2D eigenvalue weighted by Crippen LogP contribution is -2.47. The molecule has 1 N–H and O–H groups in total. The zero-order valence-corrected chi connectivity index (χ0v) is 14.1. The molecule has 0 bridgehead atoms. The summed E-state index contributed by atoms with van der Waals surface area (Å²) in [6.07, 6.45) is 8.50. The van der Waals surface area contributed by atoms with Gasteiger partial charge in [0.1, 0.15) is 6.26 Å². The number of furan rings is 1. The Labute approximate surface area is 140 Å². The summed E-state index contributed by atoms with van der Waals surface area (Å²) in [7, 11) is -3.35.